The maximum Gasteiger partial charge on any atom is 0.191 e. The van der Waals surface area contributed by atoms with Crippen LogP contribution in [0.5, 0.6) is 5.75 Å². The lowest BCUT2D eigenvalue weighted by molar-refractivity contribution is 0.0893. The van der Waals surface area contributed by atoms with Crippen LogP contribution in [0, 0.1) is 5.92 Å². The Hall–Kier alpha value is -0.580. The molecule has 0 spiro atoms. The molecular weight excluding hydrogens is 525 g/mol. The first-order valence-electron chi connectivity index (χ1n) is 9.34. The average molecular weight is 556 g/mol. The molecule has 0 bridgehead atoms. The third kappa shape index (κ3) is 11.1. The first-order valence-corrected chi connectivity index (χ1v) is 10.1. The molecule has 8 heteroatoms. The van der Waals surface area contributed by atoms with E-state index >= 15 is 0 Å². The van der Waals surface area contributed by atoms with E-state index in [4.69, 9.17) is 14.2 Å². The molecule has 2 rings (SSSR count). The summed E-state index contributed by atoms with van der Waals surface area (Å²) in [6.07, 6.45) is 2.04. The van der Waals surface area contributed by atoms with Crippen LogP contribution >= 0.6 is 39.9 Å². The van der Waals surface area contributed by atoms with Gasteiger partial charge >= 0.3 is 0 Å². The number of benzene rings is 1. The highest BCUT2D eigenvalue weighted by Crippen LogP contribution is 2.17. The number of guanidine groups is 1. The smallest absolute Gasteiger partial charge is 0.191 e. The van der Waals surface area contributed by atoms with Crippen molar-refractivity contribution >= 4 is 45.9 Å². The Morgan fingerprint density at radius 1 is 1.33 bits per heavy atom. The Morgan fingerprint density at radius 3 is 2.96 bits per heavy atom. The second-order valence-electron chi connectivity index (χ2n) is 6.15. The molecule has 0 saturated carbocycles. The van der Waals surface area contributed by atoms with Gasteiger partial charge in [-0.05, 0) is 38.0 Å². The number of nitrogens with one attached hydrogen (secondary N) is 2. The molecule has 1 aromatic rings. The van der Waals surface area contributed by atoms with E-state index in [2.05, 4.69) is 38.5 Å². The topological polar surface area (TPSA) is 64.1 Å². The van der Waals surface area contributed by atoms with Crippen molar-refractivity contribution < 1.29 is 14.2 Å². The molecule has 2 N–H and O–H groups in total. The minimum absolute atomic E-state index is 0. The third-order valence-corrected chi connectivity index (χ3v) is 4.39. The van der Waals surface area contributed by atoms with Gasteiger partial charge in [0.25, 0.3) is 0 Å². The molecular formula is C19H31BrIN3O3. The van der Waals surface area contributed by atoms with E-state index in [1.54, 1.807) is 0 Å². The number of aliphatic imine (C=N–C) groups is 1. The zero-order valence-corrected chi connectivity index (χ0v) is 19.8. The summed E-state index contributed by atoms with van der Waals surface area (Å²) in [5.41, 5.74) is 0. The first-order chi connectivity index (χ1) is 12.8. The fourth-order valence-electron chi connectivity index (χ4n) is 2.56. The van der Waals surface area contributed by atoms with Gasteiger partial charge in [-0.2, -0.15) is 0 Å². The van der Waals surface area contributed by atoms with E-state index in [-0.39, 0.29) is 24.0 Å². The van der Waals surface area contributed by atoms with Crippen LogP contribution < -0.4 is 15.4 Å². The maximum absolute atomic E-state index is 5.72. The second kappa shape index (κ2) is 15.4. The summed E-state index contributed by atoms with van der Waals surface area (Å²) in [5.74, 6) is 2.24. The maximum atomic E-state index is 5.72. The van der Waals surface area contributed by atoms with Gasteiger partial charge in [-0.25, -0.2) is 0 Å². The molecule has 1 fully saturated rings. The zero-order chi connectivity index (χ0) is 18.5. The van der Waals surface area contributed by atoms with Gasteiger partial charge in [-0.3, -0.25) is 4.99 Å². The van der Waals surface area contributed by atoms with Crippen molar-refractivity contribution in [3.8, 4) is 5.75 Å². The van der Waals surface area contributed by atoms with E-state index < -0.39 is 0 Å². The number of hydrogen-bond donors (Lipinski definition) is 2. The zero-order valence-electron chi connectivity index (χ0n) is 15.9. The van der Waals surface area contributed by atoms with E-state index in [0.717, 1.165) is 68.5 Å². The molecule has 1 saturated heterocycles. The Balaban J connectivity index is 0.00000364. The summed E-state index contributed by atoms with van der Waals surface area (Å²) in [6, 6.07) is 7.84. The molecule has 0 aliphatic carbocycles. The highest BCUT2D eigenvalue weighted by molar-refractivity contribution is 14.0. The van der Waals surface area contributed by atoms with Crippen LogP contribution in [0.15, 0.2) is 33.7 Å². The van der Waals surface area contributed by atoms with Crippen LogP contribution in [0.25, 0.3) is 0 Å². The van der Waals surface area contributed by atoms with Crippen molar-refractivity contribution in [2.45, 2.75) is 19.8 Å². The van der Waals surface area contributed by atoms with Gasteiger partial charge in [0.2, 0.25) is 0 Å². The van der Waals surface area contributed by atoms with E-state index in [0.29, 0.717) is 19.1 Å². The van der Waals surface area contributed by atoms with Gasteiger partial charge in [0.05, 0.1) is 19.8 Å². The molecule has 1 heterocycles. The van der Waals surface area contributed by atoms with Crippen molar-refractivity contribution in [1.82, 2.24) is 10.6 Å². The molecule has 154 valence electrons. The Bertz CT molecular complexity index is 543. The van der Waals surface area contributed by atoms with Crippen molar-refractivity contribution in [1.29, 1.82) is 0 Å². The standard InChI is InChI=1S/C19H30BrN3O3.HI/c1-2-21-19(22-8-4-10-24-14-16-7-11-25-15-16)23-9-12-26-18-6-3-5-17(20)13-18;/h3,5-6,13,16H,2,4,7-12,14-15H2,1H3,(H2,21,22,23);1H. The Kier molecular flexibility index (Phi) is 13.9. The molecule has 27 heavy (non-hydrogen) atoms. The molecule has 1 atom stereocenters. The monoisotopic (exact) mass is 555 g/mol. The predicted molar refractivity (Wildman–Crippen MR) is 123 cm³/mol. The molecule has 1 unspecified atom stereocenters. The van der Waals surface area contributed by atoms with Gasteiger partial charge in [0.15, 0.2) is 5.96 Å². The summed E-state index contributed by atoms with van der Waals surface area (Å²) in [6.45, 7) is 8.15. The first kappa shape index (κ1) is 24.5. The fraction of sp³-hybridized carbons (Fsp3) is 0.632. The Labute approximate surface area is 188 Å². The van der Waals surface area contributed by atoms with Crippen molar-refractivity contribution in [2.24, 2.45) is 10.9 Å². The SMILES string of the molecule is CCNC(=NCCCOCC1CCOC1)NCCOc1cccc(Br)c1.I. The number of ether oxygens (including phenoxy) is 3. The van der Waals surface area contributed by atoms with Crippen molar-refractivity contribution in [3.63, 3.8) is 0 Å². The third-order valence-electron chi connectivity index (χ3n) is 3.90. The van der Waals surface area contributed by atoms with Crippen molar-refractivity contribution in [2.75, 3.05) is 52.7 Å². The average Bonchev–Trinajstić information content (AvgIpc) is 3.15. The van der Waals surface area contributed by atoms with Gasteiger partial charge < -0.3 is 24.8 Å². The second-order valence-corrected chi connectivity index (χ2v) is 7.07. The van der Waals surface area contributed by atoms with Gasteiger partial charge in [0, 0.05) is 36.7 Å². The number of nitrogens with zero attached hydrogens (tertiary/aromatic N) is 1. The summed E-state index contributed by atoms with van der Waals surface area (Å²) >= 11 is 3.44. The molecule has 1 aliphatic heterocycles. The van der Waals surface area contributed by atoms with Crippen LogP contribution in [0.4, 0.5) is 0 Å². The lowest BCUT2D eigenvalue weighted by Gasteiger charge is -2.12. The highest BCUT2D eigenvalue weighted by Gasteiger charge is 2.15. The van der Waals surface area contributed by atoms with E-state index in [1.807, 2.05) is 24.3 Å². The molecule has 1 aliphatic rings. The lowest BCUT2D eigenvalue weighted by Crippen LogP contribution is -2.39. The number of halogens is 2. The van der Waals surface area contributed by atoms with Crippen LogP contribution in [-0.4, -0.2) is 58.6 Å². The van der Waals surface area contributed by atoms with Crippen LogP contribution in [0.3, 0.4) is 0 Å². The van der Waals surface area contributed by atoms with E-state index in [9.17, 15) is 0 Å². The van der Waals surface area contributed by atoms with Crippen LogP contribution in [0.2, 0.25) is 0 Å². The summed E-state index contributed by atoms with van der Waals surface area (Å²) in [4.78, 5) is 4.57. The van der Waals surface area contributed by atoms with Crippen molar-refractivity contribution in [3.05, 3.63) is 28.7 Å². The summed E-state index contributed by atoms with van der Waals surface area (Å²) < 4.78 is 17.8. The minimum atomic E-state index is 0. The number of hydrogen-bond acceptors (Lipinski definition) is 4. The van der Waals surface area contributed by atoms with Crippen LogP contribution in [-0.2, 0) is 9.47 Å². The molecule has 0 amide bonds. The quantitative estimate of drug-likeness (QED) is 0.189. The number of rotatable bonds is 11. The fourth-order valence-corrected chi connectivity index (χ4v) is 2.94. The molecule has 1 aromatic carbocycles. The predicted octanol–water partition coefficient (Wildman–Crippen LogP) is 3.44. The van der Waals surface area contributed by atoms with Gasteiger partial charge in [-0.1, -0.05) is 22.0 Å². The lowest BCUT2D eigenvalue weighted by atomic mass is 10.1. The molecule has 6 nitrogen and oxygen atoms in total. The van der Waals surface area contributed by atoms with Gasteiger partial charge in [0.1, 0.15) is 12.4 Å². The van der Waals surface area contributed by atoms with Gasteiger partial charge in [-0.15, -0.1) is 24.0 Å². The summed E-state index contributed by atoms with van der Waals surface area (Å²) in [7, 11) is 0. The minimum Gasteiger partial charge on any atom is -0.492 e. The molecule has 0 aromatic heterocycles. The Morgan fingerprint density at radius 2 is 2.22 bits per heavy atom. The summed E-state index contributed by atoms with van der Waals surface area (Å²) in [5, 5.41) is 6.53. The molecule has 0 radical (unpaired) electrons. The van der Waals surface area contributed by atoms with E-state index in [1.165, 1.54) is 0 Å². The largest absolute Gasteiger partial charge is 0.492 e. The normalized spacial score (nSPS) is 16.7. The highest BCUT2D eigenvalue weighted by atomic mass is 127. The van der Waals surface area contributed by atoms with Crippen LogP contribution in [0.1, 0.15) is 19.8 Å².